The Bertz CT molecular complexity index is 1500. The van der Waals surface area contributed by atoms with Crippen molar-refractivity contribution in [1.82, 2.24) is 5.32 Å². The summed E-state index contributed by atoms with van der Waals surface area (Å²) in [5.41, 5.74) is 0. The molecule has 0 aromatic heterocycles. The molecule has 0 rings (SSSR count). The second-order valence-electron chi connectivity index (χ2n) is 26.7. The average Bonchev–Trinajstić information content (AvgIpc) is 3.56. The monoisotopic (exact) mass is 1220 g/mol. The van der Waals surface area contributed by atoms with Crippen molar-refractivity contribution in [2.75, 3.05) is 13.2 Å². The van der Waals surface area contributed by atoms with Gasteiger partial charge in [-0.15, -0.1) is 0 Å². The van der Waals surface area contributed by atoms with Gasteiger partial charge < -0.3 is 20.3 Å². The van der Waals surface area contributed by atoms with E-state index in [4.69, 9.17) is 4.74 Å². The highest BCUT2D eigenvalue weighted by Gasteiger charge is 2.18. The number of hydrogen-bond acceptors (Lipinski definition) is 5. The minimum atomic E-state index is -0.843. The van der Waals surface area contributed by atoms with E-state index >= 15 is 0 Å². The van der Waals surface area contributed by atoms with Gasteiger partial charge in [-0.1, -0.05) is 370 Å². The summed E-state index contributed by atoms with van der Waals surface area (Å²) in [6.07, 6.45) is 102. The molecule has 0 aromatic rings. The summed E-state index contributed by atoms with van der Waals surface area (Å²) in [5.74, 6) is -0.0519. The Labute approximate surface area is 543 Å². The Kier molecular flexibility index (Phi) is 73.9. The Balaban J connectivity index is 3.37. The molecule has 87 heavy (non-hydrogen) atoms. The second kappa shape index (κ2) is 76.0. The van der Waals surface area contributed by atoms with Crippen molar-refractivity contribution < 1.29 is 24.5 Å². The lowest BCUT2D eigenvalue weighted by molar-refractivity contribution is -0.143. The Morgan fingerprint density at radius 2 is 0.575 bits per heavy atom. The first-order chi connectivity index (χ1) is 43.0. The second-order valence-corrected chi connectivity index (χ2v) is 26.7. The van der Waals surface area contributed by atoms with Crippen LogP contribution in [0.5, 0.6) is 0 Å². The van der Waals surface area contributed by atoms with Gasteiger partial charge in [0.25, 0.3) is 0 Å². The molecule has 0 fully saturated rings. The van der Waals surface area contributed by atoms with Gasteiger partial charge >= 0.3 is 5.97 Å². The lowest BCUT2D eigenvalue weighted by atomic mass is 10.0. The molecule has 0 spiro atoms. The Morgan fingerprint density at radius 3 is 0.885 bits per heavy atom. The molecule has 6 heteroatoms. The lowest BCUT2D eigenvalue weighted by Crippen LogP contribution is -2.45. The molecule has 510 valence electrons. The van der Waals surface area contributed by atoms with Crippen molar-refractivity contribution in [3.05, 3.63) is 60.8 Å². The molecule has 0 heterocycles. The van der Waals surface area contributed by atoms with Crippen LogP contribution in [0.25, 0.3) is 0 Å². The molecule has 0 aliphatic heterocycles. The van der Waals surface area contributed by atoms with E-state index in [1.54, 1.807) is 6.08 Å². The van der Waals surface area contributed by atoms with Gasteiger partial charge in [-0.3, -0.25) is 9.59 Å². The van der Waals surface area contributed by atoms with Gasteiger partial charge in [-0.2, -0.15) is 0 Å². The van der Waals surface area contributed by atoms with Crippen molar-refractivity contribution >= 4 is 11.9 Å². The Hall–Kier alpha value is -2.44. The first-order valence-electron chi connectivity index (χ1n) is 39.1. The molecule has 0 saturated heterocycles. The van der Waals surface area contributed by atoms with Gasteiger partial charge in [0.15, 0.2) is 0 Å². The molecule has 0 aliphatic carbocycles. The maximum absolute atomic E-state index is 12.5. The number of nitrogens with one attached hydrogen (secondary N) is 1. The molecule has 2 atom stereocenters. The third-order valence-corrected chi connectivity index (χ3v) is 18.0. The first kappa shape index (κ1) is 84.6. The molecule has 0 aliphatic rings. The van der Waals surface area contributed by atoms with Crippen LogP contribution in [0.1, 0.15) is 418 Å². The summed E-state index contributed by atoms with van der Waals surface area (Å²) in [5, 5.41) is 23.2. The average molecular weight is 1220 g/mol. The van der Waals surface area contributed by atoms with Crippen LogP contribution in [0.4, 0.5) is 0 Å². The van der Waals surface area contributed by atoms with Gasteiger partial charge in [0, 0.05) is 12.8 Å². The lowest BCUT2D eigenvalue weighted by Gasteiger charge is -2.20. The van der Waals surface area contributed by atoms with E-state index in [2.05, 4.69) is 67.8 Å². The number of carbonyl (C=O) groups is 2. The van der Waals surface area contributed by atoms with Crippen LogP contribution in [0.2, 0.25) is 0 Å². The van der Waals surface area contributed by atoms with Gasteiger partial charge in [0.1, 0.15) is 0 Å². The topological polar surface area (TPSA) is 95.9 Å². The molecule has 2 unspecified atom stereocenters. The SMILES string of the molecule is CCCCCC/C=C\C/C=C\CCCCCCCCCC(=O)OCCCCCCCCCCCCCCC/C=C\C/C=C\CCCCCCCCCCCCCCCCCCCC(=O)NC(CO)C(O)/C=C/CCCCCCCCCCCCCCC. The van der Waals surface area contributed by atoms with Gasteiger partial charge in [-0.05, 0) is 96.3 Å². The van der Waals surface area contributed by atoms with Crippen molar-refractivity contribution in [1.29, 1.82) is 0 Å². The highest BCUT2D eigenvalue weighted by Crippen LogP contribution is 2.19. The number of ether oxygens (including phenoxy) is 1. The highest BCUT2D eigenvalue weighted by atomic mass is 16.5. The van der Waals surface area contributed by atoms with Crippen LogP contribution < -0.4 is 5.32 Å². The third-order valence-electron chi connectivity index (χ3n) is 18.0. The zero-order chi connectivity index (χ0) is 62.8. The minimum absolute atomic E-state index is 0.0113. The van der Waals surface area contributed by atoms with Crippen molar-refractivity contribution in [2.24, 2.45) is 0 Å². The maximum atomic E-state index is 12.5. The van der Waals surface area contributed by atoms with Crippen LogP contribution in [0.3, 0.4) is 0 Å². The van der Waals surface area contributed by atoms with Gasteiger partial charge in [-0.25, -0.2) is 0 Å². The van der Waals surface area contributed by atoms with E-state index in [0.717, 1.165) is 57.8 Å². The molecule has 0 aromatic carbocycles. The van der Waals surface area contributed by atoms with E-state index in [-0.39, 0.29) is 18.5 Å². The van der Waals surface area contributed by atoms with E-state index in [1.165, 1.54) is 334 Å². The predicted octanol–water partition coefficient (Wildman–Crippen LogP) is 25.8. The summed E-state index contributed by atoms with van der Waals surface area (Å²) in [4.78, 5) is 24.6. The number of unbranched alkanes of at least 4 members (excludes halogenated alkanes) is 54. The summed E-state index contributed by atoms with van der Waals surface area (Å²) in [6.45, 7) is 4.91. The number of hydrogen-bond donors (Lipinski definition) is 3. The molecular weight excluding hydrogens is 1070 g/mol. The zero-order valence-electron chi connectivity index (χ0n) is 58.5. The quantitative estimate of drug-likeness (QED) is 0.0320. The normalized spacial score (nSPS) is 12.8. The molecule has 0 radical (unpaired) electrons. The van der Waals surface area contributed by atoms with Gasteiger partial charge in [0.05, 0.1) is 25.4 Å². The molecular formula is C81H151NO5. The molecule has 0 bridgehead atoms. The Morgan fingerprint density at radius 1 is 0.322 bits per heavy atom. The predicted molar refractivity (Wildman–Crippen MR) is 384 cm³/mol. The maximum Gasteiger partial charge on any atom is 0.305 e. The van der Waals surface area contributed by atoms with Crippen molar-refractivity contribution in [2.45, 2.75) is 431 Å². The van der Waals surface area contributed by atoms with Crippen LogP contribution >= 0.6 is 0 Å². The van der Waals surface area contributed by atoms with E-state index in [0.29, 0.717) is 19.4 Å². The minimum Gasteiger partial charge on any atom is -0.466 e. The van der Waals surface area contributed by atoms with E-state index in [9.17, 15) is 19.8 Å². The molecule has 1 amide bonds. The number of allylic oxidation sites excluding steroid dienone is 9. The first-order valence-corrected chi connectivity index (χ1v) is 39.1. The smallest absolute Gasteiger partial charge is 0.305 e. The number of amides is 1. The summed E-state index contributed by atoms with van der Waals surface area (Å²) < 4.78 is 5.51. The van der Waals surface area contributed by atoms with Crippen LogP contribution in [-0.4, -0.2) is 47.4 Å². The number of carbonyl (C=O) groups excluding carboxylic acids is 2. The standard InChI is InChI=1S/C81H151NO5/c1-3-5-7-9-11-13-15-17-19-20-43-47-51-55-59-63-67-71-75-81(86)87-76-72-68-64-60-56-52-48-44-41-39-37-35-33-31-29-27-25-23-21-22-24-26-28-30-32-34-36-38-40-42-46-50-54-58-62-66-70-74-80(85)82-78(77-83)79(84)73-69-65-61-57-53-49-45-18-16-14-12-10-8-6-4-2/h13,15,19-21,23,27,29,69,73,78-79,83-84H,3-12,14,16-18,22,24-26,28,30-68,70-72,74-77H2,1-2H3,(H,82,85)/b15-13-,20-19-,23-21-,29-27-,73-69+. The molecule has 0 saturated carbocycles. The molecule has 3 N–H and O–H groups in total. The number of aliphatic hydroxyl groups excluding tert-OH is 2. The summed E-state index contributed by atoms with van der Waals surface area (Å²) in [7, 11) is 0. The zero-order valence-corrected chi connectivity index (χ0v) is 58.5. The summed E-state index contributed by atoms with van der Waals surface area (Å²) in [6, 6.07) is -0.626. The fourth-order valence-corrected chi connectivity index (χ4v) is 12.1. The number of rotatable bonds is 73. The summed E-state index contributed by atoms with van der Waals surface area (Å²) >= 11 is 0. The van der Waals surface area contributed by atoms with Crippen molar-refractivity contribution in [3.63, 3.8) is 0 Å². The fraction of sp³-hybridized carbons (Fsp3) is 0.852. The van der Waals surface area contributed by atoms with Crippen LogP contribution in [-0.2, 0) is 14.3 Å². The van der Waals surface area contributed by atoms with Gasteiger partial charge in [0.2, 0.25) is 5.91 Å². The number of aliphatic hydroxyl groups is 2. The van der Waals surface area contributed by atoms with E-state index < -0.39 is 12.1 Å². The molecule has 6 nitrogen and oxygen atoms in total. The highest BCUT2D eigenvalue weighted by molar-refractivity contribution is 5.76. The largest absolute Gasteiger partial charge is 0.466 e. The van der Waals surface area contributed by atoms with Crippen LogP contribution in [0.15, 0.2) is 60.8 Å². The number of esters is 1. The van der Waals surface area contributed by atoms with Crippen molar-refractivity contribution in [3.8, 4) is 0 Å². The van der Waals surface area contributed by atoms with Crippen LogP contribution in [0, 0.1) is 0 Å². The van der Waals surface area contributed by atoms with E-state index in [1.807, 2.05) is 6.08 Å². The fourth-order valence-electron chi connectivity index (χ4n) is 12.1. The third kappa shape index (κ3) is 72.5.